The van der Waals surface area contributed by atoms with Gasteiger partial charge in [-0.3, -0.25) is 9.69 Å². The minimum Gasteiger partial charge on any atom is -0.345 e. The van der Waals surface area contributed by atoms with Crippen LogP contribution in [0.4, 0.5) is 14.5 Å². The van der Waals surface area contributed by atoms with Gasteiger partial charge >= 0.3 is 0 Å². The van der Waals surface area contributed by atoms with Gasteiger partial charge in [0.2, 0.25) is 0 Å². The first-order valence-corrected chi connectivity index (χ1v) is 10.1. The van der Waals surface area contributed by atoms with Crippen LogP contribution >= 0.6 is 0 Å². The molecule has 0 bridgehead atoms. The molecule has 2 aromatic rings. The van der Waals surface area contributed by atoms with E-state index >= 15 is 0 Å². The zero-order chi connectivity index (χ0) is 21.1. The van der Waals surface area contributed by atoms with Crippen molar-refractivity contribution in [2.24, 2.45) is 5.73 Å². The average molecular weight is 413 g/mol. The minimum absolute atomic E-state index is 0.0104. The van der Waals surface area contributed by atoms with Crippen molar-refractivity contribution in [3.05, 3.63) is 71.3 Å². The van der Waals surface area contributed by atoms with Gasteiger partial charge in [-0.2, -0.15) is 0 Å². The molecule has 2 aliphatic heterocycles. The summed E-state index contributed by atoms with van der Waals surface area (Å²) in [6, 6.07) is 12.7. The van der Waals surface area contributed by atoms with E-state index in [0.717, 1.165) is 13.1 Å². The molecule has 5 nitrogen and oxygen atoms in total. The fourth-order valence-corrected chi connectivity index (χ4v) is 4.08. The van der Waals surface area contributed by atoms with E-state index in [9.17, 15) is 13.6 Å². The highest BCUT2D eigenvalue weighted by molar-refractivity contribution is 5.71. The zero-order valence-corrected chi connectivity index (χ0v) is 16.6. The number of carbonyl (C=O) groups is 1. The van der Waals surface area contributed by atoms with Crippen molar-refractivity contribution < 1.29 is 18.3 Å². The Morgan fingerprint density at radius 2 is 1.90 bits per heavy atom. The van der Waals surface area contributed by atoms with Crippen LogP contribution in [0.15, 0.2) is 48.5 Å². The summed E-state index contributed by atoms with van der Waals surface area (Å²) in [7, 11) is 0. The third kappa shape index (κ3) is 4.28. The van der Waals surface area contributed by atoms with Crippen molar-refractivity contribution in [2.75, 3.05) is 31.1 Å². The Labute approximate surface area is 174 Å². The van der Waals surface area contributed by atoms with Crippen molar-refractivity contribution >= 4 is 17.5 Å². The van der Waals surface area contributed by atoms with E-state index in [-0.39, 0.29) is 23.9 Å². The maximum Gasteiger partial charge on any atom is 0.187 e. The molecular formula is C23H25F2N3O2. The van der Waals surface area contributed by atoms with Crippen LogP contribution in [0.5, 0.6) is 0 Å². The van der Waals surface area contributed by atoms with E-state index in [0.29, 0.717) is 31.4 Å². The summed E-state index contributed by atoms with van der Waals surface area (Å²) in [5.41, 5.74) is 7.78. The predicted octanol–water partition coefficient (Wildman–Crippen LogP) is 2.94. The van der Waals surface area contributed by atoms with Crippen molar-refractivity contribution in [1.82, 2.24) is 4.90 Å². The number of anilines is 1. The third-order valence-electron chi connectivity index (χ3n) is 5.64. The molecule has 0 saturated carbocycles. The summed E-state index contributed by atoms with van der Waals surface area (Å²) in [5, 5.41) is 0. The predicted molar refractivity (Wildman–Crippen MR) is 112 cm³/mol. The topological polar surface area (TPSA) is 58.8 Å². The molecule has 1 saturated heterocycles. The first kappa shape index (κ1) is 20.7. The normalized spacial score (nSPS) is 22.2. The molecule has 2 aromatic carbocycles. The number of aldehydes is 1. The molecule has 7 heteroatoms. The van der Waals surface area contributed by atoms with Gasteiger partial charge in [0, 0.05) is 44.0 Å². The number of hydrogen-bond acceptors (Lipinski definition) is 5. The second-order valence-electron chi connectivity index (χ2n) is 7.66. The van der Waals surface area contributed by atoms with Crippen molar-refractivity contribution in [2.45, 2.75) is 25.3 Å². The minimum atomic E-state index is -0.886. The maximum atomic E-state index is 14.9. The van der Waals surface area contributed by atoms with Crippen LogP contribution in [0, 0.1) is 11.6 Å². The molecule has 4 rings (SSSR count). The maximum absolute atomic E-state index is 14.9. The first-order chi connectivity index (χ1) is 14.6. The summed E-state index contributed by atoms with van der Waals surface area (Å²) in [5.74, 6) is -1.26. The molecule has 0 aromatic heterocycles. The molecule has 0 amide bonds. The highest BCUT2D eigenvalue weighted by Crippen LogP contribution is 2.33. The van der Waals surface area contributed by atoms with Crippen LogP contribution in [0.1, 0.15) is 17.5 Å². The molecule has 1 fully saturated rings. The Morgan fingerprint density at radius 3 is 2.50 bits per heavy atom. The Morgan fingerprint density at radius 1 is 1.17 bits per heavy atom. The molecule has 2 atom stereocenters. The monoisotopic (exact) mass is 413 g/mol. The van der Waals surface area contributed by atoms with Crippen LogP contribution in [0.3, 0.4) is 0 Å². The Balaban J connectivity index is 1.51. The van der Waals surface area contributed by atoms with Gasteiger partial charge < -0.3 is 15.4 Å². The number of benzene rings is 2. The first-order valence-electron chi connectivity index (χ1n) is 10.1. The second kappa shape index (κ2) is 9.04. The van der Waals surface area contributed by atoms with Gasteiger partial charge in [0.05, 0.1) is 6.10 Å². The van der Waals surface area contributed by atoms with E-state index in [4.69, 9.17) is 10.5 Å². The Bertz CT molecular complexity index is 912. The molecule has 2 heterocycles. The van der Waals surface area contributed by atoms with Crippen LogP contribution < -0.4 is 10.6 Å². The average Bonchev–Trinajstić information content (AvgIpc) is 3.19. The van der Waals surface area contributed by atoms with E-state index in [2.05, 4.69) is 17.0 Å². The lowest BCUT2D eigenvalue weighted by Gasteiger charge is -2.27. The second-order valence-corrected chi connectivity index (χ2v) is 7.66. The summed E-state index contributed by atoms with van der Waals surface area (Å²) < 4.78 is 35.3. The molecule has 0 spiro atoms. The van der Waals surface area contributed by atoms with Gasteiger partial charge in [0.15, 0.2) is 12.5 Å². The quantitative estimate of drug-likeness (QED) is 0.738. The zero-order valence-electron chi connectivity index (χ0n) is 16.6. The summed E-state index contributed by atoms with van der Waals surface area (Å²) in [4.78, 5) is 15.1. The highest BCUT2D eigenvalue weighted by Gasteiger charge is 2.33. The molecular weight excluding hydrogens is 388 g/mol. The Kier molecular flexibility index (Phi) is 6.22. The lowest BCUT2D eigenvalue weighted by Crippen LogP contribution is -2.32. The van der Waals surface area contributed by atoms with Crippen LogP contribution in [0.2, 0.25) is 0 Å². The van der Waals surface area contributed by atoms with Crippen molar-refractivity contribution in [3.63, 3.8) is 0 Å². The number of nitrogens with two attached hydrogens (primary N) is 1. The SMILES string of the molecule is NCC1CN(c2cc(F)c(C3=CCN(Cc4ccccc4)CC3)c(F)c2)C(C=O)O1. The largest absolute Gasteiger partial charge is 0.345 e. The summed E-state index contributed by atoms with van der Waals surface area (Å²) in [6.45, 7) is 2.72. The van der Waals surface area contributed by atoms with Gasteiger partial charge in [-0.25, -0.2) is 8.78 Å². The summed E-state index contributed by atoms with van der Waals surface area (Å²) >= 11 is 0. The molecule has 158 valence electrons. The molecule has 2 aliphatic rings. The lowest BCUT2D eigenvalue weighted by atomic mass is 9.97. The van der Waals surface area contributed by atoms with Crippen LogP contribution in [-0.4, -0.2) is 49.7 Å². The molecule has 0 aliphatic carbocycles. The fourth-order valence-electron chi connectivity index (χ4n) is 4.08. The van der Waals surface area contributed by atoms with E-state index in [1.165, 1.54) is 22.6 Å². The van der Waals surface area contributed by atoms with Crippen LogP contribution in [-0.2, 0) is 16.1 Å². The van der Waals surface area contributed by atoms with Crippen molar-refractivity contribution in [3.8, 4) is 0 Å². The molecule has 2 unspecified atom stereocenters. The number of rotatable bonds is 6. The molecule has 30 heavy (non-hydrogen) atoms. The number of carbonyl (C=O) groups excluding carboxylic acids is 1. The van der Waals surface area contributed by atoms with Gasteiger partial charge in [-0.1, -0.05) is 36.4 Å². The summed E-state index contributed by atoms with van der Waals surface area (Å²) in [6.07, 6.45) is 1.85. The smallest absolute Gasteiger partial charge is 0.187 e. The fraction of sp³-hybridized carbons (Fsp3) is 0.348. The van der Waals surface area contributed by atoms with Gasteiger partial charge in [0.25, 0.3) is 0 Å². The van der Waals surface area contributed by atoms with Gasteiger partial charge in [-0.15, -0.1) is 0 Å². The lowest BCUT2D eigenvalue weighted by molar-refractivity contribution is -0.117. The Hall–Kier alpha value is -2.61. The molecule has 2 N–H and O–H groups in total. The standard InChI is InChI=1S/C23H25F2N3O2/c24-20-10-18(28-14-19(12-26)30-22(28)15-29)11-21(25)23(20)17-6-8-27(9-7-17)13-16-4-2-1-3-5-16/h1-6,10-11,15,19,22H,7-9,12-14,26H2. The van der Waals surface area contributed by atoms with Gasteiger partial charge in [0.1, 0.15) is 11.6 Å². The van der Waals surface area contributed by atoms with Crippen LogP contribution in [0.25, 0.3) is 5.57 Å². The number of halogens is 2. The van der Waals surface area contributed by atoms with Crippen molar-refractivity contribution in [1.29, 1.82) is 0 Å². The number of ether oxygens (including phenoxy) is 1. The number of nitrogens with zero attached hydrogens (tertiary/aromatic N) is 2. The third-order valence-corrected chi connectivity index (χ3v) is 5.64. The highest BCUT2D eigenvalue weighted by atomic mass is 19.1. The van der Waals surface area contributed by atoms with E-state index in [1.807, 2.05) is 24.3 Å². The van der Waals surface area contributed by atoms with E-state index < -0.39 is 17.9 Å². The van der Waals surface area contributed by atoms with E-state index in [1.54, 1.807) is 0 Å². The van der Waals surface area contributed by atoms with Gasteiger partial charge in [-0.05, 0) is 29.7 Å². The molecule has 0 radical (unpaired) electrons. The number of hydrogen-bond donors (Lipinski definition) is 1.